The van der Waals surface area contributed by atoms with E-state index >= 15 is 0 Å². The Morgan fingerprint density at radius 2 is 2.50 bits per heavy atom. The molecule has 0 aliphatic heterocycles. The molecule has 0 amide bonds. The summed E-state index contributed by atoms with van der Waals surface area (Å²) in [4.78, 5) is 0. The predicted octanol–water partition coefficient (Wildman–Crippen LogP) is 2.52. The zero-order valence-corrected chi connectivity index (χ0v) is 5.88. The van der Waals surface area contributed by atoms with Crippen molar-refractivity contribution in [2.24, 2.45) is 0 Å². The topological polar surface area (TPSA) is 0 Å². The van der Waals surface area contributed by atoms with Gasteiger partial charge in [-0.15, -0.1) is 0 Å². The maximum Gasteiger partial charge on any atom is 0.0226 e. The molecule has 0 atom stereocenters. The molecule has 0 spiro atoms. The van der Waals surface area contributed by atoms with Gasteiger partial charge in [0.2, 0.25) is 0 Å². The summed E-state index contributed by atoms with van der Waals surface area (Å²) in [6, 6.07) is 0. The molecule has 0 nitrogen and oxygen atoms in total. The third-order valence-electron chi connectivity index (χ3n) is 0.358. The largest absolute Gasteiger partial charge is 0.0898 e. The van der Waals surface area contributed by atoms with Crippen molar-refractivity contribution in [3.8, 4) is 0 Å². The SMILES string of the molecule is C/C(Cl)=C\CBr. The van der Waals surface area contributed by atoms with Crippen molar-refractivity contribution in [3.63, 3.8) is 0 Å². The third-order valence-corrected chi connectivity index (χ3v) is 0.836. The fraction of sp³-hybridized carbons (Fsp3) is 0.500. The van der Waals surface area contributed by atoms with Crippen LogP contribution < -0.4 is 0 Å². The first kappa shape index (κ1) is 6.51. The zero-order chi connectivity index (χ0) is 4.99. The van der Waals surface area contributed by atoms with E-state index in [2.05, 4.69) is 15.9 Å². The molecule has 0 aromatic carbocycles. The summed E-state index contributed by atoms with van der Waals surface area (Å²) in [5.41, 5.74) is 0. The van der Waals surface area contributed by atoms with Crippen LogP contribution >= 0.6 is 27.5 Å². The Balaban J connectivity index is 3.14. The van der Waals surface area contributed by atoms with Gasteiger partial charge in [0.15, 0.2) is 0 Å². The van der Waals surface area contributed by atoms with Gasteiger partial charge in [0.25, 0.3) is 0 Å². The highest BCUT2D eigenvalue weighted by Gasteiger charge is 1.71. The van der Waals surface area contributed by atoms with Gasteiger partial charge in [-0.3, -0.25) is 0 Å². The second-order valence-electron chi connectivity index (χ2n) is 0.945. The molecule has 0 aromatic heterocycles. The third kappa shape index (κ3) is 4.51. The summed E-state index contributed by atoms with van der Waals surface area (Å²) in [6.07, 6.45) is 1.89. The van der Waals surface area contributed by atoms with Crippen molar-refractivity contribution in [3.05, 3.63) is 11.1 Å². The molecule has 0 radical (unpaired) electrons. The molecule has 0 unspecified atom stereocenters. The van der Waals surface area contributed by atoms with E-state index in [1.165, 1.54) is 0 Å². The fourth-order valence-corrected chi connectivity index (χ4v) is 0.855. The monoisotopic (exact) mass is 168 g/mol. The van der Waals surface area contributed by atoms with Gasteiger partial charge < -0.3 is 0 Å². The van der Waals surface area contributed by atoms with Gasteiger partial charge in [-0.2, -0.15) is 0 Å². The van der Waals surface area contributed by atoms with Crippen LogP contribution in [-0.4, -0.2) is 5.33 Å². The highest BCUT2D eigenvalue weighted by atomic mass is 79.9. The minimum absolute atomic E-state index is 0.840. The van der Waals surface area contributed by atoms with E-state index in [9.17, 15) is 0 Å². The molecule has 0 aliphatic carbocycles. The van der Waals surface area contributed by atoms with Crippen molar-refractivity contribution in [1.29, 1.82) is 0 Å². The summed E-state index contributed by atoms with van der Waals surface area (Å²) < 4.78 is 0. The van der Waals surface area contributed by atoms with Gasteiger partial charge in [0.1, 0.15) is 0 Å². The number of hydrogen-bond acceptors (Lipinski definition) is 0. The van der Waals surface area contributed by atoms with Crippen molar-refractivity contribution < 1.29 is 0 Å². The quantitative estimate of drug-likeness (QED) is 0.529. The first-order chi connectivity index (χ1) is 2.77. The van der Waals surface area contributed by atoms with Crippen LogP contribution in [0.4, 0.5) is 0 Å². The van der Waals surface area contributed by atoms with Crippen molar-refractivity contribution >= 4 is 27.5 Å². The molecule has 0 rings (SSSR count). The van der Waals surface area contributed by atoms with Crippen LogP contribution in [0.1, 0.15) is 6.92 Å². The van der Waals surface area contributed by atoms with Gasteiger partial charge in [0.05, 0.1) is 0 Å². The summed E-state index contributed by atoms with van der Waals surface area (Å²) >= 11 is 8.60. The van der Waals surface area contributed by atoms with Crippen molar-refractivity contribution in [1.82, 2.24) is 0 Å². The molecular formula is C4H6BrCl. The van der Waals surface area contributed by atoms with Crippen LogP contribution in [0.2, 0.25) is 0 Å². The van der Waals surface area contributed by atoms with E-state index < -0.39 is 0 Å². The molecule has 0 N–H and O–H groups in total. The minimum Gasteiger partial charge on any atom is -0.0898 e. The molecule has 36 valence electrons. The van der Waals surface area contributed by atoms with E-state index in [4.69, 9.17) is 11.6 Å². The highest BCUT2D eigenvalue weighted by molar-refractivity contribution is 9.09. The Hall–Kier alpha value is 0.510. The second-order valence-corrected chi connectivity index (χ2v) is 2.19. The lowest BCUT2D eigenvalue weighted by Crippen LogP contribution is -1.58. The molecule has 0 saturated carbocycles. The summed E-state index contributed by atoms with van der Waals surface area (Å²) in [5, 5.41) is 1.69. The van der Waals surface area contributed by atoms with Gasteiger partial charge in [-0.25, -0.2) is 0 Å². The number of rotatable bonds is 1. The van der Waals surface area contributed by atoms with E-state index in [1.807, 2.05) is 13.0 Å². The predicted molar refractivity (Wildman–Crippen MR) is 33.4 cm³/mol. The smallest absolute Gasteiger partial charge is 0.0226 e. The van der Waals surface area contributed by atoms with Crippen LogP contribution in [0.25, 0.3) is 0 Å². The maximum atomic E-state index is 5.41. The Labute approximate surface area is 51.3 Å². The number of hydrogen-bond donors (Lipinski definition) is 0. The van der Waals surface area contributed by atoms with Crippen molar-refractivity contribution in [2.75, 3.05) is 5.33 Å². The first-order valence-corrected chi connectivity index (χ1v) is 3.15. The average Bonchev–Trinajstić information content (AvgIpc) is 1.35. The van der Waals surface area contributed by atoms with Gasteiger partial charge in [0, 0.05) is 10.4 Å². The van der Waals surface area contributed by atoms with Crippen LogP contribution in [0.5, 0.6) is 0 Å². The van der Waals surface area contributed by atoms with Gasteiger partial charge in [-0.05, 0) is 6.92 Å². The lowest BCUT2D eigenvalue weighted by molar-refractivity contribution is 1.61. The number of halogens is 2. The van der Waals surface area contributed by atoms with Crippen LogP contribution in [-0.2, 0) is 0 Å². The van der Waals surface area contributed by atoms with Crippen molar-refractivity contribution in [2.45, 2.75) is 6.92 Å². The molecule has 0 aliphatic rings. The summed E-state index contributed by atoms with van der Waals surface area (Å²) in [6.45, 7) is 1.85. The molecule has 0 fully saturated rings. The van der Waals surface area contributed by atoms with Crippen LogP contribution in [0, 0.1) is 0 Å². The summed E-state index contributed by atoms with van der Waals surface area (Å²) in [5.74, 6) is 0. The maximum absolute atomic E-state index is 5.41. The molecule has 0 bridgehead atoms. The van der Waals surface area contributed by atoms with Crippen LogP contribution in [0.3, 0.4) is 0 Å². The Morgan fingerprint density at radius 1 is 2.00 bits per heavy atom. The van der Waals surface area contributed by atoms with Gasteiger partial charge >= 0.3 is 0 Å². The first-order valence-electron chi connectivity index (χ1n) is 1.65. The van der Waals surface area contributed by atoms with E-state index in [0.717, 1.165) is 10.4 Å². The lowest BCUT2D eigenvalue weighted by atomic mass is 10.6. The minimum atomic E-state index is 0.840. The zero-order valence-electron chi connectivity index (χ0n) is 3.54. The molecule has 0 aromatic rings. The van der Waals surface area contributed by atoms with Gasteiger partial charge in [-0.1, -0.05) is 33.6 Å². The Kier molecular flexibility index (Phi) is 4.01. The molecule has 0 heterocycles. The van der Waals surface area contributed by atoms with E-state index in [0.29, 0.717) is 0 Å². The molecule has 2 heteroatoms. The average molecular weight is 169 g/mol. The van der Waals surface area contributed by atoms with Crippen LogP contribution in [0.15, 0.2) is 11.1 Å². The Bertz CT molecular complexity index is 54.6. The standard InChI is InChI=1S/C4H6BrCl/c1-4(6)2-3-5/h2H,3H2,1H3/b4-2+. The second kappa shape index (κ2) is 3.69. The fourth-order valence-electron chi connectivity index (χ4n) is 0.106. The molecule has 6 heavy (non-hydrogen) atoms. The molecular weight excluding hydrogens is 163 g/mol. The Morgan fingerprint density at radius 3 is 2.50 bits per heavy atom. The lowest BCUT2D eigenvalue weighted by Gasteiger charge is -1.76. The highest BCUT2D eigenvalue weighted by Crippen LogP contribution is 1.97. The normalized spacial score (nSPS) is 12.2. The number of alkyl halides is 1. The van der Waals surface area contributed by atoms with E-state index in [1.54, 1.807) is 0 Å². The summed E-state index contributed by atoms with van der Waals surface area (Å²) in [7, 11) is 0. The van der Waals surface area contributed by atoms with E-state index in [-0.39, 0.29) is 0 Å². The molecule has 0 saturated heterocycles. The number of allylic oxidation sites excluding steroid dienone is 2.